The molecule has 0 saturated carbocycles. The Hall–Kier alpha value is -3.18. The summed E-state index contributed by atoms with van der Waals surface area (Å²) in [5.41, 5.74) is 6.01. The zero-order valence-corrected chi connectivity index (χ0v) is 14.6. The molecule has 0 aliphatic carbocycles. The summed E-state index contributed by atoms with van der Waals surface area (Å²) >= 11 is 6.18. The first-order valence-corrected chi connectivity index (χ1v) is 8.01. The summed E-state index contributed by atoms with van der Waals surface area (Å²) in [6, 6.07) is 6.28. The van der Waals surface area contributed by atoms with Crippen LogP contribution in [0.2, 0.25) is 5.02 Å². The van der Waals surface area contributed by atoms with Gasteiger partial charge in [-0.2, -0.15) is 4.98 Å². The second-order valence-corrected chi connectivity index (χ2v) is 5.67. The number of nitrogens with two attached hydrogens (primary N) is 1. The molecule has 2 amide bonds. The number of amides is 2. The van der Waals surface area contributed by atoms with E-state index in [2.05, 4.69) is 25.8 Å². The highest BCUT2D eigenvalue weighted by Gasteiger charge is 2.36. The van der Waals surface area contributed by atoms with Crippen molar-refractivity contribution in [1.29, 1.82) is 0 Å². The second kappa shape index (κ2) is 9.50. The van der Waals surface area contributed by atoms with Crippen molar-refractivity contribution in [2.24, 2.45) is 0 Å². The van der Waals surface area contributed by atoms with Gasteiger partial charge < -0.3 is 26.2 Å². The first-order chi connectivity index (χ1) is 13.0. The summed E-state index contributed by atoms with van der Waals surface area (Å²) in [6.45, 7) is -0.347. The van der Waals surface area contributed by atoms with Gasteiger partial charge in [0.05, 0.1) is 12.6 Å². The quantitative estimate of drug-likeness (QED) is 0.434. The summed E-state index contributed by atoms with van der Waals surface area (Å²) < 4.78 is 5.41. The number of ether oxygens (including phenoxy) is 1. The molecule has 1 aromatic carbocycles. The minimum absolute atomic E-state index is 0.0920. The lowest BCUT2D eigenvalue weighted by Crippen LogP contribution is -2.52. The maximum Gasteiger partial charge on any atom is 0.290 e. The van der Waals surface area contributed by atoms with Gasteiger partial charge in [-0.15, -0.1) is 5.10 Å². The molecule has 1 aromatic heterocycles. The van der Waals surface area contributed by atoms with Gasteiger partial charge in [0.15, 0.2) is 6.10 Å². The van der Waals surface area contributed by atoms with Gasteiger partial charge in [-0.3, -0.25) is 19.5 Å². The van der Waals surface area contributed by atoms with Crippen LogP contribution in [0.4, 0.5) is 5.95 Å². The van der Waals surface area contributed by atoms with Crippen LogP contribution in [-0.4, -0.2) is 51.3 Å². The average Bonchev–Trinajstić information content (AvgIpc) is 3.06. The fourth-order valence-electron chi connectivity index (χ4n) is 2.41. The Labute approximate surface area is 158 Å². The van der Waals surface area contributed by atoms with Crippen LogP contribution >= 0.6 is 11.6 Å². The highest BCUT2D eigenvalue weighted by Crippen LogP contribution is 2.28. The SMILES string of the molecule is Nc1n[nH]c(CNC(=O)[C@H]2OCC(=O)N[C@@H]2c2ccccc2Cl)n1.O=CO. The number of hydrogen-bond donors (Lipinski definition) is 5. The van der Waals surface area contributed by atoms with Crippen molar-refractivity contribution in [2.45, 2.75) is 18.7 Å². The number of rotatable bonds is 4. The third-order valence-electron chi connectivity index (χ3n) is 3.49. The molecule has 2 aromatic rings. The van der Waals surface area contributed by atoms with Crippen LogP contribution in [0, 0.1) is 0 Å². The van der Waals surface area contributed by atoms with Crippen molar-refractivity contribution in [3.63, 3.8) is 0 Å². The molecule has 12 heteroatoms. The minimum Gasteiger partial charge on any atom is -0.483 e. The number of halogens is 1. The van der Waals surface area contributed by atoms with Gasteiger partial charge in [0, 0.05) is 5.02 Å². The van der Waals surface area contributed by atoms with Crippen LogP contribution in [0.15, 0.2) is 24.3 Å². The Morgan fingerprint density at radius 2 is 2.19 bits per heavy atom. The van der Waals surface area contributed by atoms with Crippen LogP contribution < -0.4 is 16.4 Å². The van der Waals surface area contributed by atoms with E-state index in [-0.39, 0.29) is 31.5 Å². The molecular formula is C15H17ClN6O5. The first kappa shape index (κ1) is 20.1. The normalized spacial score (nSPS) is 18.6. The summed E-state index contributed by atoms with van der Waals surface area (Å²) in [6.07, 6.45) is -0.914. The van der Waals surface area contributed by atoms with E-state index in [0.717, 1.165) is 0 Å². The number of nitrogens with zero attached hydrogens (tertiary/aromatic N) is 2. The van der Waals surface area contributed by atoms with Crippen LogP contribution in [0.25, 0.3) is 0 Å². The van der Waals surface area contributed by atoms with E-state index in [0.29, 0.717) is 16.4 Å². The van der Waals surface area contributed by atoms with Gasteiger partial charge in [-0.05, 0) is 11.6 Å². The van der Waals surface area contributed by atoms with Gasteiger partial charge in [0.2, 0.25) is 11.9 Å². The van der Waals surface area contributed by atoms with Crippen LogP contribution in [0.5, 0.6) is 0 Å². The Morgan fingerprint density at radius 1 is 1.48 bits per heavy atom. The molecule has 27 heavy (non-hydrogen) atoms. The van der Waals surface area contributed by atoms with Gasteiger partial charge in [-0.25, -0.2) is 0 Å². The number of nitrogen functional groups attached to an aromatic ring is 1. The zero-order valence-electron chi connectivity index (χ0n) is 13.9. The molecule has 2 atom stereocenters. The van der Waals surface area contributed by atoms with Crippen LogP contribution in [0.1, 0.15) is 17.4 Å². The maximum absolute atomic E-state index is 12.5. The number of carbonyl (C=O) groups is 3. The maximum atomic E-state index is 12.5. The standard InChI is InChI=1S/C14H15ClN6O3.CH2O2/c15-8-4-2-1-3-7(8)11-12(24-6-10(22)19-11)13(23)17-5-9-18-14(16)21-20-9;2-1-3/h1-4,11-12H,5-6H2,(H,17,23)(H,19,22)(H3,16,18,20,21);1H,(H,2,3)/t11-,12+;/m1./s1. The van der Waals surface area contributed by atoms with E-state index in [1.165, 1.54) is 0 Å². The van der Waals surface area contributed by atoms with Gasteiger partial charge >= 0.3 is 0 Å². The average molecular weight is 397 g/mol. The molecule has 3 rings (SSSR count). The van der Waals surface area contributed by atoms with Crippen molar-refractivity contribution in [1.82, 2.24) is 25.8 Å². The molecule has 2 heterocycles. The van der Waals surface area contributed by atoms with E-state index in [1.54, 1.807) is 24.3 Å². The number of carbonyl (C=O) groups excluding carboxylic acids is 2. The number of morpholine rings is 1. The lowest BCUT2D eigenvalue weighted by molar-refractivity contribution is -0.148. The van der Waals surface area contributed by atoms with Gasteiger partial charge in [-0.1, -0.05) is 29.8 Å². The molecule has 1 aliphatic rings. The van der Waals surface area contributed by atoms with Crippen LogP contribution in [0.3, 0.4) is 0 Å². The predicted molar refractivity (Wildman–Crippen MR) is 93.4 cm³/mol. The molecule has 1 aliphatic heterocycles. The molecule has 0 radical (unpaired) electrons. The third-order valence-corrected chi connectivity index (χ3v) is 3.84. The highest BCUT2D eigenvalue weighted by atomic mass is 35.5. The van der Waals surface area contributed by atoms with E-state index in [1.807, 2.05) is 0 Å². The lowest BCUT2D eigenvalue weighted by atomic mass is 9.99. The summed E-state index contributed by atoms with van der Waals surface area (Å²) in [7, 11) is 0. The molecule has 1 fully saturated rings. The largest absolute Gasteiger partial charge is 0.483 e. The predicted octanol–water partition coefficient (Wildman–Crippen LogP) is -0.386. The highest BCUT2D eigenvalue weighted by molar-refractivity contribution is 6.31. The van der Waals surface area contributed by atoms with E-state index in [9.17, 15) is 9.59 Å². The Kier molecular flexibility index (Phi) is 7.08. The number of carboxylic acid groups (broad SMARTS) is 1. The lowest BCUT2D eigenvalue weighted by Gasteiger charge is -2.32. The summed E-state index contributed by atoms with van der Waals surface area (Å²) in [5.74, 6) is -0.216. The van der Waals surface area contributed by atoms with E-state index >= 15 is 0 Å². The van der Waals surface area contributed by atoms with E-state index in [4.69, 9.17) is 32.0 Å². The number of benzene rings is 1. The monoisotopic (exact) mass is 396 g/mol. The van der Waals surface area contributed by atoms with Crippen molar-refractivity contribution in [3.05, 3.63) is 40.7 Å². The topological polar surface area (TPSA) is 172 Å². The Balaban J connectivity index is 0.000000817. The van der Waals surface area contributed by atoms with Gasteiger partial charge in [0.25, 0.3) is 12.4 Å². The second-order valence-electron chi connectivity index (χ2n) is 5.26. The molecule has 144 valence electrons. The van der Waals surface area contributed by atoms with Crippen molar-refractivity contribution in [3.8, 4) is 0 Å². The van der Waals surface area contributed by atoms with Crippen molar-refractivity contribution >= 4 is 35.8 Å². The number of anilines is 1. The summed E-state index contributed by atoms with van der Waals surface area (Å²) in [5, 5.41) is 19.0. The molecular weight excluding hydrogens is 380 g/mol. The molecule has 1 saturated heterocycles. The van der Waals surface area contributed by atoms with Crippen molar-refractivity contribution in [2.75, 3.05) is 12.3 Å². The molecule has 0 unspecified atom stereocenters. The zero-order chi connectivity index (χ0) is 19.8. The Bertz CT molecular complexity index is 814. The minimum atomic E-state index is -0.914. The van der Waals surface area contributed by atoms with Gasteiger partial charge in [0.1, 0.15) is 12.4 Å². The molecule has 6 N–H and O–H groups in total. The summed E-state index contributed by atoms with van der Waals surface area (Å²) in [4.78, 5) is 36.4. The number of aromatic nitrogens is 3. The fourth-order valence-corrected chi connectivity index (χ4v) is 2.66. The van der Waals surface area contributed by atoms with Crippen molar-refractivity contribution < 1.29 is 24.2 Å². The number of nitrogens with one attached hydrogen (secondary N) is 3. The third kappa shape index (κ3) is 5.39. The van der Waals surface area contributed by atoms with Crippen LogP contribution in [-0.2, 0) is 25.7 Å². The molecule has 0 bridgehead atoms. The number of aromatic amines is 1. The fraction of sp³-hybridized carbons (Fsp3) is 0.267. The van der Waals surface area contributed by atoms with E-state index < -0.39 is 18.1 Å². The first-order valence-electron chi connectivity index (χ1n) is 7.64. The molecule has 0 spiro atoms. The smallest absolute Gasteiger partial charge is 0.290 e. The Morgan fingerprint density at radius 3 is 2.81 bits per heavy atom. The molecule has 11 nitrogen and oxygen atoms in total. The number of hydrogen-bond acceptors (Lipinski definition) is 7. The number of H-pyrrole nitrogens is 1.